The molecule has 1 aromatic rings. The Hall–Kier alpha value is -1.62. The zero-order valence-corrected chi connectivity index (χ0v) is 11.6. The molecule has 0 aliphatic carbocycles. The van der Waals surface area contributed by atoms with E-state index in [4.69, 9.17) is 4.74 Å². The molecule has 20 heavy (non-hydrogen) atoms. The van der Waals surface area contributed by atoms with E-state index in [2.05, 4.69) is 5.32 Å². The Morgan fingerprint density at radius 3 is 2.85 bits per heavy atom. The number of cyclic esters (lactones) is 1. The quantitative estimate of drug-likeness (QED) is 0.904. The third kappa shape index (κ3) is 2.38. The number of carbonyl (C=O) groups excluding carboxylic acids is 1. The summed E-state index contributed by atoms with van der Waals surface area (Å²) in [4.78, 5) is 13.6. The van der Waals surface area contributed by atoms with Gasteiger partial charge in [0.1, 0.15) is 11.4 Å². The Morgan fingerprint density at radius 2 is 2.15 bits per heavy atom. The van der Waals surface area contributed by atoms with E-state index in [9.17, 15) is 9.18 Å². The molecule has 0 spiro atoms. The van der Waals surface area contributed by atoms with Crippen molar-refractivity contribution < 1.29 is 13.9 Å². The first kappa shape index (κ1) is 13.4. The number of hydrogen-bond donors (Lipinski definition) is 1. The van der Waals surface area contributed by atoms with E-state index in [-0.39, 0.29) is 11.9 Å². The van der Waals surface area contributed by atoms with E-state index >= 15 is 0 Å². The highest BCUT2D eigenvalue weighted by molar-refractivity contribution is 5.90. The van der Waals surface area contributed by atoms with Gasteiger partial charge in [0.05, 0.1) is 12.2 Å². The molecule has 3 rings (SSSR count). The number of amides is 1. The standard InChI is InChI=1S/C15H19FN2O2/c1-15(11-5-7-17-8-6-11)10-18(14(19)20-15)13-4-2-3-12(16)9-13/h2-4,9,11,17H,5-8,10H2,1H3. The molecule has 108 valence electrons. The highest BCUT2D eigenvalue weighted by atomic mass is 19.1. The van der Waals surface area contributed by atoms with Crippen molar-refractivity contribution in [2.75, 3.05) is 24.5 Å². The average molecular weight is 278 g/mol. The Kier molecular flexibility index (Phi) is 3.38. The van der Waals surface area contributed by atoms with Crippen molar-refractivity contribution in [2.24, 2.45) is 5.92 Å². The maximum Gasteiger partial charge on any atom is 0.415 e. The zero-order chi connectivity index (χ0) is 14.2. The number of piperidine rings is 1. The van der Waals surface area contributed by atoms with Crippen LogP contribution in [0.4, 0.5) is 14.9 Å². The molecule has 2 aliphatic rings. The molecule has 1 amide bonds. The predicted molar refractivity (Wildman–Crippen MR) is 74.2 cm³/mol. The molecule has 0 radical (unpaired) electrons. The van der Waals surface area contributed by atoms with Gasteiger partial charge >= 0.3 is 6.09 Å². The maximum absolute atomic E-state index is 13.3. The smallest absolute Gasteiger partial charge is 0.415 e. The Labute approximate surface area is 117 Å². The molecule has 2 heterocycles. The summed E-state index contributed by atoms with van der Waals surface area (Å²) in [7, 11) is 0. The van der Waals surface area contributed by atoms with Crippen LogP contribution in [0.25, 0.3) is 0 Å². The van der Waals surface area contributed by atoms with Gasteiger partial charge < -0.3 is 10.1 Å². The van der Waals surface area contributed by atoms with Crippen LogP contribution in [0.15, 0.2) is 24.3 Å². The molecule has 1 aromatic carbocycles. The van der Waals surface area contributed by atoms with Crippen molar-refractivity contribution in [2.45, 2.75) is 25.4 Å². The number of ether oxygens (including phenoxy) is 1. The Bertz CT molecular complexity index is 516. The van der Waals surface area contributed by atoms with Crippen LogP contribution in [0.1, 0.15) is 19.8 Å². The molecule has 0 aromatic heterocycles. The molecular weight excluding hydrogens is 259 g/mol. The first-order valence-corrected chi connectivity index (χ1v) is 7.05. The second-order valence-electron chi connectivity index (χ2n) is 5.77. The van der Waals surface area contributed by atoms with Gasteiger partial charge in [0.2, 0.25) is 0 Å². The van der Waals surface area contributed by atoms with Crippen LogP contribution in [0.3, 0.4) is 0 Å². The largest absolute Gasteiger partial charge is 0.441 e. The van der Waals surface area contributed by atoms with E-state index < -0.39 is 5.60 Å². The minimum absolute atomic E-state index is 0.342. The van der Waals surface area contributed by atoms with Crippen molar-refractivity contribution in [3.05, 3.63) is 30.1 Å². The number of nitrogens with zero attached hydrogens (tertiary/aromatic N) is 1. The number of halogens is 1. The lowest BCUT2D eigenvalue weighted by Gasteiger charge is -2.34. The SMILES string of the molecule is CC1(C2CCNCC2)CN(c2cccc(F)c2)C(=O)O1. The zero-order valence-electron chi connectivity index (χ0n) is 11.6. The average Bonchev–Trinajstić information content (AvgIpc) is 2.77. The summed E-state index contributed by atoms with van der Waals surface area (Å²) < 4.78 is 18.9. The lowest BCUT2D eigenvalue weighted by atomic mass is 9.82. The summed E-state index contributed by atoms with van der Waals surface area (Å²) >= 11 is 0. The van der Waals surface area contributed by atoms with Crippen molar-refractivity contribution in [1.82, 2.24) is 5.32 Å². The third-order valence-corrected chi connectivity index (χ3v) is 4.34. The number of benzene rings is 1. The first-order chi connectivity index (χ1) is 9.58. The monoisotopic (exact) mass is 278 g/mol. The van der Waals surface area contributed by atoms with Gasteiger partial charge in [-0.25, -0.2) is 9.18 Å². The van der Waals surface area contributed by atoms with Gasteiger partial charge in [0.15, 0.2) is 0 Å². The van der Waals surface area contributed by atoms with Crippen molar-refractivity contribution >= 4 is 11.8 Å². The molecule has 5 heteroatoms. The molecule has 0 bridgehead atoms. The molecule has 2 fully saturated rings. The van der Waals surface area contributed by atoms with Crippen LogP contribution in [0.2, 0.25) is 0 Å². The van der Waals surface area contributed by atoms with Crippen molar-refractivity contribution in [3.63, 3.8) is 0 Å². The van der Waals surface area contributed by atoms with E-state index in [0.717, 1.165) is 25.9 Å². The van der Waals surface area contributed by atoms with Gasteiger partial charge in [-0.1, -0.05) is 6.07 Å². The fraction of sp³-hybridized carbons (Fsp3) is 0.533. The van der Waals surface area contributed by atoms with Gasteiger partial charge in [-0.05, 0) is 51.1 Å². The van der Waals surface area contributed by atoms with Crippen molar-refractivity contribution in [3.8, 4) is 0 Å². The molecule has 4 nitrogen and oxygen atoms in total. The number of rotatable bonds is 2. The van der Waals surface area contributed by atoms with E-state index in [1.54, 1.807) is 12.1 Å². The number of nitrogens with one attached hydrogen (secondary N) is 1. The topological polar surface area (TPSA) is 41.6 Å². The van der Waals surface area contributed by atoms with E-state index in [0.29, 0.717) is 18.2 Å². The summed E-state index contributed by atoms with van der Waals surface area (Å²) in [6, 6.07) is 6.09. The summed E-state index contributed by atoms with van der Waals surface area (Å²) in [6.07, 6.45) is 1.62. The highest BCUT2D eigenvalue weighted by Crippen LogP contribution is 2.37. The van der Waals surface area contributed by atoms with Gasteiger partial charge in [-0.15, -0.1) is 0 Å². The van der Waals surface area contributed by atoms with Crippen LogP contribution in [0, 0.1) is 11.7 Å². The van der Waals surface area contributed by atoms with Gasteiger partial charge in [0.25, 0.3) is 0 Å². The van der Waals surface area contributed by atoms with E-state index in [1.165, 1.54) is 17.0 Å². The van der Waals surface area contributed by atoms with Crippen molar-refractivity contribution in [1.29, 1.82) is 0 Å². The van der Waals surface area contributed by atoms with Crippen LogP contribution >= 0.6 is 0 Å². The van der Waals surface area contributed by atoms with Crippen LogP contribution in [-0.2, 0) is 4.74 Å². The molecule has 1 atom stereocenters. The molecule has 1 N–H and O–H groups in total. The predicted octanol–water partition coefficient (Wildman–Crippen LogP) is 2.54. The minimum Gasteiger partial charge on any atom is -0.441 e. The summed E-state index contributed by atoms with van der Waals surface area (Å²) in [5.41, 5.74) is 0.0820. The number of carbonyl (C=O) groups is 1. The summed E-state index contributed by atoms with van der Waals surface area (Å²) in [5, 5.41) is 3.31. The minimum atomic E-state index is -0.481. The Morgan fingerprint density at radius 1 is 1.40 bits per heavy atom. The number of anilines is 1. The highest BCUT2D eigenvalue weighted by Gasteiger charge is 2.47. The van der Waals surface area contributed by atoms with Gasteiger partial charge in [-0.2, -0.15) is 0 Å². The van der Waals surface area contributed by atoms with Crippen LogP contribution in [0.5, 0.6) is 0 Å². The second-order valence-corrected chi connectivity index (χ2v) is 5.77. The fourth-order valence-corrected chi connectivity index (χ4v) is 3.15. The molecule has 2 aliphatic heterocycles. The normalized spacial score (nSPS) is 27.7. The van der Waals surface area contributed by atoms with Gasteiger partial charge in [-0.3, -0.25) is 4.90 Å². The number of hydrogen-bond acceptors (Lipinski definition) is 3. The first-order valence-electron chi connectivity index (χ1n) is 7.05. The molecular formula is C15H19FN2O2. The fourth-order valence-electron chi connectivity index (χ4n) is 3.15. The van der Waals surface area contributed by atoms with E-state index in [1.807, 2.05) is 6.92 Å². The lowest BCUT2D eigenvalue weighted by molar-refractivity contribution is 0.00962. The van der Waals surface area contributed by atoms with Crippen LogP contribution in [-0.4, -0.2) is 31.3 Å². The Balaban J connectivity index is 1.80. The maximum atomic E-state index is 13.3. The second kappa shape index (κ2) is 5.05. The third-order valence-electron chi connectivity index (χ3n) is 4.34. The van der Waals surface area contributed by atoms with Crippen LogP contribution < -0.4 is 10.2 Å². The summed E-state index contributed by atoms with van der Waals surface area (Å²) in [5.74, 6) is 0.0111. The molecule has 2 saturated heterocycles. The molecule has 1 unspecified atom stereocenters. The summed E-state index contributed by atoms with van der Waals surface area (Å²) in [6.45, 7) is 4.38. The lowest BCUT2D eigenvalue weighted by Crippen LogP contribution is -2.44. The van der Waals surface area contributed by atoms with Gasteiger partial charge in [0, 0.05) is 5.92 Å². The molecule has 0 saturated carbocycles.